The molecule has 32 heavy (non-hydrogen) atoms. The van der Waals surface area contributed by atoms with Crippen LogP contribution in [0.2, 0.25) is 0 Å². The molecule has 164 valence electrons. The van der Waals surface area contributed by atoms with E-state index in [1.165, 1.54) is 11.1 Å². The fourth-order valence-electron chi connectivity index (χ4n) is 4.10. The topological polar surface area (TPSA) is 48.5 Å². The van der Waals surface area contributed by atoms with E-state index in [0.29, 0.717) is 5.92 Å². The number of rotatable bonds is 7. The van der Waals surface area contributed by atoms with Crippen molar-refractivity contribution in [3.05, 3.63) is 102 Å². The summed E-state index contributed by atoms with van der Waals surface area (Å²) in [4.78, 5) is 5.11. The molecule has 0 radical (unpaired) electrons. The molecule has 1 aliphatic rings. The van der Waals surface area contributed by atoms with Crippen LogP contribution in [0.5, 0.6) is 0 Å². The minimum atomic E-state index is -0.160. The normalized spacial score (nSPS) is 14.9. The zero-order chi connectivity index (χ0) is 22.5. The van der Waals surface area contributed by atoms with E-state index in [2.05, 4.69) is 97.9 Å². The number of fused-ring (bicyclic) bond motifs is 1. The number of nitrogens with zero attached hydrogens (tertiary/aromatic N) is 1. The number of para-hydroxylation sites is 2. The molecule has 1 atom stereocenters. The van der Waals surface area contributed by atoms with Gasteiger partial charge in [0.05, 0.1) is 0 Å². The average molecular weight is 425 g/mol. The molecule has 0 aliphatic carbocycles. The second-order valence-electron chi connectivity index (χ2n) is 8.43. The molecule has 0 spiro atoms. The molecule has 3 aromatic rings. The van der Waals surface area contributed by atoms with Crippen molar-refractivity contribution in [1.29, 1.82) is 0 Å². The lowest BCUT2D eigenvalue weighted by Gasteiger charge is -2.29. The average Bonchev–Trinajstić information content (AvgIpc) is 2.82. The fourth-order valence-corrected chi connectivity index (χ4v) is 4.10. The van der Waals surface area contributed by atoms with E-state index >= 15 is 0 Å². The van der Waals surface area contributed by atoms with Crippen LogP contribution in [0.15, 0.2) is 84.4 Å². The number of anilines is 2. The van der Waals surface area contributed by atoms with Crippen LogP contribution in [0.4, 0.5) is 11.4 Å². The molecule has 0 saturated heterocycles. The smallest absolute Gasteiger partial charge is 0.147 e. The Hall–Kier alpha value is -3.53. The maximum atomic E-state index is 5.11. The van der Waals surface area contributed by atoms with Gasteiger partial charge < -0.3 is 16.0 Å². The van der Waals surface area contributed by atoms with Crippen molar-refractivity contribution in [2.24, 2.45) is 4.99 Å². The van der Waals surface area contributed by atoms with E-state index < -0.39 is 0 Å². The Bertz CT molecular complexity index is 1130. The first kappa shape index (κ1) is 21.7. The first-order chi connectivity index (χ1) is 15.6. The summed E-state index contributed by atoms with van der Waals surface area (Å²) in [5, 5.41) is 10.7. The number of hydrogen-bond acceptors (Lipinski definition) is 4. The highest BCUT2D eigenvalue weighted by atomic mass is 15.2. The lowest BCUT2D eigenvalue weighted by Crippen LogP contribution is -2.30. The van der Waals surface area contributed by atoms with Crippen LogP contribution in [-0.2, 0) is 0 Å². The van der Waals surface area contributed by atoms with Crippen molar-refractivity contribution in [1.82, 2.24) is 5.32 Å². The first-order valence-corrected chi connectivity index (χ1v) is 11.4. The molecule has 3 N–H and O–H groups in total. The van der Waals surface area contributed by atoms with Crippen molar-refractivity contribution >= 4 is 22.9 Å². The van der Waals surface area contributed by atoms with Crippen LogP contribution in [-0.4, -0.2) is 12.4 Å². The third-order valence-corrected chi connectivity index (χ3v) is 5.73. The van der Waals surface area contributed by atoms with E-state index in [1.807, 2.05) is 18.2 Å². The van der Waals surface area contributed by atoms with Crippen molar-refractivity contribution in [3.63, 3.8) is 0 Å². The van der Waals surface area contributed by atoms with Crippen LogP contribution in [0.3, 0.4) is 0 Å². The molecule has 4 rings (SSSR count). The Labute approximate surface area is 191 Å². The second kappa shape index (κ2) is 9.73. The van der Waals surface area contributed by atoms with Crippen LogP contribution in [0.1, 0.15) is 61.5 Å². The Balaban J connectivity index is 1.70. The maximum absolute atomic E-state index is 5.11. The molecule has 0 saturated carbocycles. The Morgan fingerprint density at radius 3 is 2.53 bits per heavy atom. The number of benzene rings is 3. The third kappa shape index (κ3) is 4.54. The SMILES string of the molecule is C=C(NC1=NC(c2ccccc2C(C)C)Nc2ccccc21)c1ccccc1NCCC. The van der Waals surface area contributed by atoms with Crippen molar-refractivity contribution in [3.8, 4) is 0 Å². The fraction of sp³-hybridized carbons (Fsp3) is 0.250. The van der Waals surface area contributed by atoms with Crippen molar-refractivity contribution < 1.29 is 0 Å². The lowest BCUT2D eigenvalue weighted by molar-refractivity contribution is 0.769. The minimum Gasteiger partial charge on any atom is -0.385 e. The van der Waals surface area contributed by atoms with E-state index in [-0.39, 0.29) is 6.17 Å². The number of amidine groups is 1. The predicted molar refractivity (Wildman–Crippen MR) is 137 cm³/mol. The third-order valence-electron chi connectivity index (χ3n) is 5.73. The molecule has 3 aromatic carbocycles. The van der Waals surface area contributed by atoms with Gasteiger partial charge in [0.25, 0.3) is 0 Å². The molecule has 0 amide bonds. The summed E-state index contributed by atoms with van der Waals surface area (Å²) in [5.74, 6) is 1.25. The molecule has 1 heterocycles. The highest BCUT2D eigenvalue weighted by Crippen LogP contribution is 2.33. The largest absolute Gasteiger partial charge is 0.385 e. The molecule has 0 aromatic heterocycles. The van der Waals surface area contributed by atoms with E-state index in [9.17, 15) is 0 Å². The van der Waals surface area contributed by atoms with Crippen LogP contribution in [0, 0.1) is 0 Å². The van der Waals surface area contributed by atoms with E-state index in [1.54, 1.807) is 0 Å². The Morgan fingerprint density at radius 2 is 1.72 bits per heavy atom. The quantitative estimate of drug-likeness (QED) is 0.392. The number of nitrogens with one attached hydrogen (secondary N) is 3. The molecule has 4 nitrogen and oxygen atoms in total. The van der Waals surface area contributed by atoms with Gasteiger partial charge in [-0.1, -0.05) is 81.9 Å². The van der Waals surface area contributed by atoms with E-state index in [4.69, 9.17) is 4.99 Å². The van der Waals surface area contributed by atoms with Gasteiger partial charge in [-0.15, -0.1) is 0 Å². The van der Waals surface area contributed by atoms with Gasteiger partial charge in [-0.2, -0.15) is 0 Å². The summed E-state index contributed by atoms with van der Waals surface area (Å²) < 4.78 is 0. The molecule has 0 fully saturated rings. The van der Waals surface area contributed by atoms with Crippen molar-refractivity contribution in [2.75, 3.05) is 17.2 Å². The van der Waals surface area contributed by atoms with Gasteiger partial charge in [0.1, 0.15) is 12.0 Å². The summed E-state index contributed by atoms with van der Waals surface area (Å²) >= 11 is 0. The minimum absolute atomic E-state index is 0.160. The van der Waals surface area contributed by atoms with Gasteiger partial charge in [0.2, 0.25) is 0 Å². The van der Waals surface area contributed by atoms with Gasteiger partial charge in [-0.25, -0.2) is 4.99 Å². The first-order valence-electron chi connectivity index (χ1n) is 11.4. The van der Waals surface area contributed by atoms with Crippen LogP contribution >= 0.6 is 0 Å². The summed E-state index contributed by atoms with van der Waals surface area (Å²) in [6.07, 6.45) is 0.906. The van der Waals surface area contributed by atoms with E-state index in [0.717, 1.165) is 47.0 Å². The van der Waals surface area contributed by atoms with Gasteiger partial charge >= 0.3 is 0 Å². The van der Waals surface area contributed by atoms with Crippen LogP contribution in [0.25, 0.3) is 5.70 Å². The standard InChI is InChI=1S/C28H32N4/c1-5-18-29-25-16-10-8-13-22(25)20(4)30-28-24-15-9-11-17-26(24)31-27(32-28)23-14-7-6-12-21(23)19(2)3/h6-17,19,27,29,31H,4-5,18H2,1-3H3,(H,30,32). The summed E-state index contributed by atoms with van der Waals surface area (Å²) in [6.45, 7) is 11.9. The molecule has 4 heteroatoms. The number of aliphatic imine (C=N–C) groups is 1. The van der Waals surface area contributed by atoms with Crippen LogP contribution < -0.4 is 16.0 Å². The highest BCUT2D eigenvalue weighted by Gasteiger charge is 2.24. The van der Waals surface area contributed by atoms with Gasteiger partial charge in [0, 0.05) is 34.7 Å². The second-order valence-corrected chi connectivity index (χ2v) is 8.43. The zero-order valence-corrected chi connectivity index (χ0v) is 19.2. The van der Waals surface area contributed by atoms with Gasteiger partial charge in [-0.3, -0.25) is 0 Å². The summed E-state index contributed by atoms with van der Waals surface area (Å²) in [7, 11) is 0. The Morgan fingerprint density at radius 1 is 1.00 bits per heavy atom. The van der Waals surface area contributed by atoms with Gasteiger partial charge in [-0.05, 0) is 41.7 Å². The summed E-state index contributed by atoms with van der Waals surface area (Å²) in [5.41, 5.74) is 7.59. The number of hydrogen-bond donors (Lipinski definition) is 3. The monoisotopic (exact) mass is 424 g/mol. The molecular formula is C28H32N4. The predicted octanol–water partition coefficient (Wildman–Crippen LogP) is 6.76. The summed E-state index contributed by atoms with van der Waals surface area (Å²) in [6, 6.07) is 25.1. The van der Waals surface area contributed by atoms with Gasteiger partial charge in [0.15, 0.2) is 0 Å². The molecule has 1 unspecified atom stereocenters. The Kier molecular flexibility index (Phi) is 6.60. The lowest BCUT2D eigenvalue weighted by atomic mass is 9.94. The van der Waals surface area contributed by atoms with Crippen molar-refractivity contribution in [2.45, 2.75) is 39.3 Å². The zero-order valence-electron chi connectivity index (χ0n) is 19.2. The molecule has 1 aliphatic heterocycles. The molecular weight excluding hydrogens is 392 g/mol. The maximum Gasteiger partial charge on any atom is 0.147 e. The molecule has 0 bridgehead atoms. The highest BCUT2D eigenvalue weighted by molar-refractivity contribution is 6.08.